The van der Waals surface area contributed by atoms with Gasteiger partial charge in [-0.1, -0.05) is 12.1 Å². The van der Waals surface area contributed by atoms with Crippen molar-refractivity contribution in [3.8, 4) is 0 Å². The number of carbonyl (C=O) groups is 2. The van der Waals surface area contributed by atoms with E-state index in [4.69, 9.17) is 19.9 Å². The van der Waals surface area contributed by atoms with Crippen LogP contribution in [0.15, 0.2) is 46.8 Å². The van der Waals surface area contributed by atoms with E-state index in [1.165, 1.54) is 7.11 Å². The fourth-order valence-corrected chi connectivity index (χ4v) is 3.18. The van der Waals surface area contributed by atoms with E-state index in [0.29, 0.717) is 28.2 Å². The van der Waals surface area contributed by atoms with Gasteiger partial charge in [-0.25, -0.2) is 9.59 Å². The predicted octanol–water partition coefficient (Wildman–Crippen LogP) is 2.64. The minimum atomic E-state index is -0.647. The number of esters is 2. The highest BCUT2D eigenvalue weighted by molar-refractivity contribution is 6.00. The summed E-state index contributed by atoms with van der Waals surface area (Å²) in [5.41, 5.74) is 9.18. The van der Waals surface area contributed by atoms with Crippen LogP contribution in [0.5, 0.6) is 0 Å². The normalized spacial score (nSPS) is 16.9. The summed E-state index contributed by atoms with van der Waals surface area (Å²) in [6.45, 7) is 7.52. The van der Waals surface area contributed by atoms with Crippen LogP contribution in [-0.4, -0.2) is 38.4 Å². The number of dihydropyridines is 1. The molecule has 0 spiro atoms. The fraction of sp³-hybridized carbons (Fsp3) is 0.429. The molecule has 0 saturated carbocycles. The zero-order chi connectivity index (χ0) is 20.8. The van der Waals surface area contributed by atoms with E-state index >= 15 is 0 Å². The van der Waals surface area contributed by atoms with Gasteiger partial charge in [-0.15, -0.1) is 0 Å². The predicted molar refractivity (Wildman–Crippen MR) is 106 cm³/mol. The molecule has 7 nitrogen and oxygen atoms in total. The highest BCUT2D eigenvalue weighted by Crippen LogP contribution is 2.39. The standard InChI is InChI=1S/C21H28N2O5/c1-12(2)28-21(25)18-14(4)23-13(3)17(20(24)27-10-9-26-5)19(18)15-7-6-8-16(22)11-15/h6-8,11-12,19,23H,9-10,22H2,1-5H3/t19-/m1/s1. The average Bonchev–Trinajstić information content (AvgIpc) is 2.60. The van der Waals surface area contributed by atoms with Gasteiger partial charge in [-0.3, -0.25) is 0 Å². The maximum atomic E-state index is 12.9. The number of nitrogens with two attached hydrogens (primary N) is 1. The molecule has 1 aromatic carbocycles. The van der Waals surface area contributed by atoms with Gasteiger partial charge in [0.2, 0.25) is 0 Å². The Morgan fingerprint density at radius 3 is 2.32 bits per heavy atom. The zero-order valence-electron chi connectivity index (χ0n) is 17.0. The van der Waals surface area contributed by atoms with Crippen molar-refractivity contribution in [2.24, 2.45) is 0 Å². The van der Waals surface area contributed by atoms with Gasteiger partial charge in [-0.05, 0) is 45.4 Å². The average molecular weight is 388 g/mol. The summed E-state index contributed by atoms with van der Waals surface area (Å²) in [6, 6.07) is 7.12. The molecule has 1 aromatic rings. The summed E-state index contributed by atoms with van der Waals surface area (Å²) < 4.78 is 15.7. The SMILES string of the molecule is COCCOC(=O)C1=C(C)NC(C)=C(C(=O)OC(C)C)[C@@H]1c1cccc(N)c1. The van der Waals surface area contributed by atoms with Crippen LogP contribution in [0.4, 0.5) is 5.69 Å². The highest BCUT2D eigenvalue weighted by Gasteiger charge is 2.38. The Labute approximate surface area is 165 Å². The Morgan fingerprint density at radius 1 is 1.11 bits per heavy atom. The summed E-state index contributed by atoms with van der Waals surface area (Å²) in [4.78, 5) is 25.7. The number of carbonyl (C=O) groups excluding carboxylic acids is 2. The first-order valence-electron chi connectivity index (χ1n) is 9.17. The lowest BCUT2D eigenvalue weighted by atomic mass is 9.80. The van der Waals surface area contributed by atoms with Crippen LogP contribution in [0, 0.1) is 0 Å². The van der Waals surface area contributed by atoms with Crippen LogP contribution in [-0.2, 0) is 23.8 Å². The molecule has 0 aromatic heterocycles. The van der Waals surface area contributed by atoms with Crippen molar-refractivity contribution < 1.29 is 23.8 Å². The molecular formula is C21H28N2O5. The summed E-state index contributed by atoms with van der Waals surface area (Å²) >= 11 is 0. The van der Waals surface area contributed by atoms with Gasteiger partial charge in [0.15, 0.2) is 0 Å². The molecule has 1 atom stereocenters. The lowest BCUT2D eigenvalue weighted by Gasteiger charge is -2.31. The van der Waals surface area contributed by atoms with Gasteiger partial charge >= 0.3 is 11.9 Å². The maximum absolute atomic E-state index is 12.9. The number of methoxy groups -OCH3 is 1. The minimum Gasteiger partial charge on any atom is -0.460 e. The Bertz CT molecular complexity index is 811. The van der Waals surface area contributed by atoms with Crippen molar-refractivity contribution in [1.29, 1.82) is 0 Å². The second-order valence-corrected chi connectivity index (χ2v) is 6.89. The molecule has 1 heterocycles. The first kappa shape index (κ1) is 21.5. The van der Waals surface area contributed by atoms with Crippen molar-refractivity contribution in [2.45, 2.75) is 39.7 Å². The largest absolute Gasteiger partial charge is 0.460 e. The van der Waals surface area contributed by atoms with Gasteiger partial charge < -0.3 is 25.3 Å². The van der Waals surface area contributed by atoms with E-state index in [-0.39, 0.29) is 19.3 Å². The summed E-state index contributed by atoms with van der Waals surface area (Å²) in [7, 11) is 1.53. The maximum Gasteiger partial charge on any atom is 0.337 e. The molecule has 2 rings (SSSR count). The Hall–Kier alpha value is -2.80. The second-order valence-electron chi connectivity index (χ2n) is 6.89. The lowest BCUT2D eigenvalue weighted by molar-refractivity contribution is -0.143. The Balaban J connectivity index is 2.54. The van der Waals surface area contributed by atoms with Crippen molar-refractivity contribution in [3.05, 3.63) is 52.4 Å². The van der Waals surface area contributed by atoms with Gasteiger partial charge in [0.05, 0.1) is 29.8 Å². The molecule has 3 N–H and O–H groups in total. The van der Waals surface area contributed by atoms with Crippen LogP contribution >= 0.6 is 0 Å². The molecule has 28 heavy (non-hydrogen) atoms. The summed E-state index contributed by atoms with van der Waals surface area (Å²) in [5, 5.41) is 3.11. The highest BCUT2D eigenvalue weighted by atomic mass is 16.6. The van der Waals surface area contributed by atoms with Crippen molar-refractivity contribution in [3.63, 3.8) is 0 Å². The van der Waals surface area contributed by atoms with Crippen LogP contribution < -0.4 is 11.1 Å². The Morgan fingerprint density at radius 2 is 1.75 bits per heavy atom. The molecule has 0 radical (unpaired) electrons. The third-order valence-corrected chi connectivity index (χ3v) is 4.31. The first-order chi connectivity index (χ1) is 13.3. The molecule has 0 fully saturated rings. The van der Waals surface area contributed by atoms with E-state index in [9.17, 15) is 9.59 Å². The van der Waals surface area contributed by atoms with Gasteiger partial charge in [0, 0.05) is 24.2 Å². The number of allylic oxidation sites excluding steroid dienone is 2. The zero-order valence-corrected chi connectivity index (χ0v) is 17.0. The number of rotatable bonds is 7. The third-order valence-electron chi connectivity index (χ3n) is 4.31. The topological polar surface area (TPSA) is 99.9 Å². The van der Waals surface area contributed by atoms with Gasteiger partial charge in [0.25, 0.3) is 0 Å². The number of hydrogen-bond acceptors (Lipinski definition) is 7. The molecule has 7 heteroatoms. The number of ether oxygens (including phenoxy) is 3. The van der Waals surface area contributed by atoms with E-state index in [1.807, 2.05) is 6.07 Å². The van der Waals surface area contributed by atoms with Crippen LogP contribution in [0.25, 0.3) is 0 Å². The molecule has 0 aliphatic carbocycles. The molecule has 1 aliphatic rings. The summed E-state index contributed by atoms with van der Waals surface area (Å²) in [6.07, 6.45) is -0.293. The molecule has 0 amide bonds. The quantitative estimate of drug-likeness (QED) is 0.421. The van der Waals surface area contributed by atoms with E-state index in [0.717, 1.165) is 5.56 Å². The first-order valence-corrected chi connectivity index (χ1v) is 9.17. The number of anilines is 1. The molecule has 152 valence electrons. The minimum absolute atomic E-state index is 0.115. The number of nitrogens with one attached hydrogen (secondary N) is 1. The van der Waals surface area contributed by atoms with Crippen LogP contribution in [0.3, 0.4) is 0 Å². The third kappa shape index (κ3) is 4.92. The Kier molecular flexibility index (Phi) is 7.23. The smallest absolute Gasteiger partial charge is 0.337 e. The molecule has 0 bridgehead atoms. The number of hydrogen-bond donors (Lipinski definition) is 2. The monoisotopic (exact) mass is 388 g/mol. The van der Waals surface area contributed by atoms with Crippen molar-refractivity contribution in [2.75, 3.05) is 26.1 Å². The van der Waals surface area contributed by atoms with E-state index in [1.54, 1.807) is 45.9 Å². The fourth-order valence-electron chi connectivity index (χ4n) is 3.18. The summed E-state index contributed by atoms with van der Waals surface area (Å²) in [5.74, 6) is -1.65. The van der Waals surface area contributed by atoms with Gasteiger partial charge in [-0.2, -0.15) is 0 Å². The van der Waals surface area contributed by atoms with Crippen LogP contribution in [0.1, 0.15) is 39.2 Å². The second kappa shape index (κ2) is 9.41. The molecule has 0 unspecified atom stereocenters. The van der Waals surface area contributed by atoms with E-state index < -0.39 is 17.9 Å². The number of nitrogen functional groups attached to an aromatic ring is 1. The van der Waals surface area contributed by atoms with Crippen molar-refractivity contribution >= 4 is 17.6 Å². The van der Waals surface area contributed by atoms with E-state index in [2.05, 4.69) is 5.32 Å². The van der Waals surface area contributed by atoms with Gasteiger partial charge in [0.1, 0.15) is 6.61 Å². The molecule has 1 aliphatic heterocycles. The lowest BCUT2D eigenvalue weighted by Crippen LogP contribution is -2.33. The van der Waals surface area contributed by atoms with Crippen LogP contribution in [0.2, 0.25) is 0 Å². The molecule has 0 saturated heterocycles. The number of benzene rings is 1. The van der Waals surface area contributed by atoms with Crippen molar-refractivity contribution in [1.82, 2.24) is 5.32 Å². The molecular weight excluding hydrogens is 360 g/mol.